The van der Waals surface area contributed by atoms with E-state index in [1.165, 1.54) is 0 Å². The van der Waals surface area contributed by atoms with Gasteiger partial charge < -0.3 is 15.3 Å². The number of fused-ring (bicyclic) bond motifs is 1. The predicted octanol–water partition coefficient (Wildman–Crippen LogP) is 2.13. The first-order valence-electron chi connectivity index (χ1n) is 9.88. The van der Waals surface area contributed by atoms with Crippen LogP contribution in [0.2, 0.25) is 0 Å². The number of hydrogen-bond donors (Lipinski definition) is 2. The molecule has 0 saturated heterocycles. The molecule has 0 radical (unpaired) electrons. The molecular formula is C20H26N6O. The van der Waals surface area contributed by atoms with Gasteiger partial charge in [-0.15, -0.1) is 0 Å². The van der Waals surface area contributed by atoms with E-state index in [1.807, 2.05) is 17.0 Å². The van der Waals surface area contributed by atoms with Gasteiger partial charge in [0, 0.05) is 32.0 Å². The zero-order valence-electron chi connectivity index (χ0n) is 15.7. The number of aliphatic hydroxyl groups is 1. The smallest absolute Gasteiger partial charge is 0.235 e. The third kappa shape index (κ3) is 3.10. The summed E-state index contributed by atoms with van der Waals surface area (Å²) in [6.45, 7) is 0.845. The monoisotopic (exact) mass is 366 g/mol. The van der Waals surface area contributed by atoms with E-state index in [2.05, 4.69) is 33.3 Å². The molecule has 0 atom stereocenters. The topological polar surface area (TPSA) is 79.1 Å². The number of imidazole rings is 1. The SMILES string of the molecule is CN1CC=C(NC2CCC(C3(O)CC3)CC2)c2nc(-n3ccnc3)ncc21. The Hall–Kier alpha value is -2.41. The maximum absolute atomic E-state index is 10.4. The molecule has 7 nitrogen and oxygen atoms in total. The van der Waals surface area contributed by atoms with Gasteiger partial charge in [-0.2, -0.15) is 0 Å². The normalized spacial score (nSPS) is 26.3. The number of anilines is 1. The molecule has 3 heterocycles. The van der Waals surface area contributed by atoms with Crippen molar-refractivity contribution >= 4 is 11.4 Å². The molecule has 0 unspecified atom stereocenters. The minimum absolute atomic E-state index is 0.336. The molecule has 2 aliphatic carbocycles. The van der Waals surface area contributed by atoms with Crippen LogP contribution in [0.1, 0.15) is 44.2 Å². The summed E-state index contributed by atoms with van der Waals surface area (Å²) in [6, 6.07) is 0.442. The molecule has 2 saturated carbocycles. The number of hydrogen-bond acceptors (Lipinski definition) is 6. The summed E-state index contributed by atoms with van der Waals surface area (Å²) in [5.41, 5.74) is 2.76. The zero-order valence-corrected chi connectivity index (χ0v) is 15.7. The van der Waals surface area contributed by atoms with E-state index in [0.717, 1.165) is 62.1 Å². The van der Waals surface area contributed by atoms with Gasteiger partial charge in [0.1, 0.15) is 12.0 Å². The maximum Gasteiger partial charge on any atom is 0.235 e. The molecule has 0 bridgehead atoms. The minimum Gasteiger partial charge on any atom is -0.390 e. The summed E-state index contributed by atoms with van der Waals surface area (Å²) in [4.78, 5) is 15.6. The standard InChI is InChI=1S/C20H26N6O/c1-25-10-6-16(23-15-4-2-14(3-5-15)20(27)7-8-20)18-17(25)12-22-19(24-18)26-11-9-21-13-26/h6,9,11-15,23,27H,2-5,7-8,10H2,1H3. The molecule has 2 aromatic rings. The Kier molecular flexibility index (Phi) is 3.93. The van der Waals surface area contributed by atoms with Gasteiger partial charge in [0.25, 0.3) is 0 Å². The molecule has 0 spiro atoms. The Morgan fingerprint density at radius 1 is 1.22 bits per heavy atom. The summed E-state index contributed by atoms with van der Waals surface area (Å²) in [5.74, 6) is 1.12. The van der Waals surface area contributed by atoms with E-state index >= 15 is 0 Å². The van der Waals surface area contributed by atoms with Crippen molar-refractivity contribution in [2.24, 2.45) is 5.92 Å². The van der Waals surface area contributed by atoms with Crippen LogP contribution in [0.25, 0.3) is 11.6 Å². The van der Waals surface area contributed by atoms with Crippen LogP contribution in [0.15, 0.2) is 31.0 Å². The highest BCUT2D eigenvalue weighted by Gasteiger charge is 2.48. The molecule has 142 valence electrons. The zero-order chi connectivity index (χ0) is 18.4. The average Bonchev–Trinajstić information content (AvgIpc) is 3.21. The van der Waals surface area contributed by atoms with Gasteiger partial charge in [0.15, 0.2) is 0 Å². The molecular weight excluding hydrogens is 340 g/mol. The van der Waals surface area contributed by atoms with Crippen molar-refractivity contribution in [1.82, 2.24) is 24.8 Å². The largest absolute Gasteiger partial charge is 0.390 e. The van der Waals surface area contributed by atoms with Gasteiger partial charge in [0.05, 0.1) is 23.2 Å². The Labute approximate surface area is 159 Å². The van der Waals surface area contributed by atoms with Gasteiger partial charge >= 0.3 is 0 Å². The van der Waals surface area contributed by atoms with Crippen LogP contribution in [-0.2, 0) is 0 Å². The molecule has 27 heavy (non-hydrogen) atoms. The van der Waals surface area contributed by atoms with Crippen LogP contribution in [0.4, 0.5) is 5.69 Å². The van der Waals surface area contributed by atoms with E-state index in [-0.39, 0.29) is 5.60 Å². The van der Waals surface area contributed by atoms with E-state index < -0.39 is 0 Å². The average molecular weight is 366 g/mol. The first-order chi connectivity index (χ1) is 13.1. The van der Waals surface area contributed by atoms with Crippen LogP contribution >= 0.6 is 0 Å². The maximum atomic E-state index is 10.4. The van der Waals surface area contributed by atoms with Crippen LogP contribution in [0.3, 0.4) is 0 Å². The van der Waals surface area contributed by atoms with E-state index in [0.29, 0.717) is 17.9 Å². The van der Waals surface area contributed by atoms with E-state index in [1.54, 1.807) is 12.5 Å². The second kappa shape index (κ2) is 6.34. The van der Waals surface area contributed by atoms with Crippen molar-refractivity contribution in [1.29, 1.82) is 0 Å². The number of rotatable bonds is 4. The van der Waals surface area contributed by atoms with Crippen LogP contribution in [0, 0.1) is 5.92 Å². The van der Waals surface area contributed by atoms with Gasteiger partial charge in [-0.05, 0) is 50.5 Å². The lowest BCUT2D eigenvalue weighted by molar-refractivity contribution is 0.0563. The summed E-state index contributed by atoms with van der Waals surface area (Å²) < 4.78 is 1.83. The predicted molar refractivity (Wildman–Crippen MR) is 103 cm³/mol. The fourth-order valence-electron chi connectivity index (χ4n) is 4.43. The minimum atomic E-state index is -0.336. The van der Waals surface area contributed by atoms with Crippen LogP contribution in [0.5, 0.6) is 0 Å². The molecule has 1 aliphatic heterocycles. The van der Waals surface area contributed by atoms with Gasteiger partial charge in [-0.3, -0.25) is 4.57 Å². The highest BCUT2D eigenvalue weighted by atomic mass is 16.3. The Morgan fingerprint density at radius 2 is 2.04 bits per heavy atom. The Morgan fingerprint density at radius 3 is 2.74 bits per heavy atom. The second-order valence-corrected chi connectivity index (χ2v) is 8.17. The quantitative estimate of drug-likeness (QED) is 0.863. The van der Waals surface area contributed by atoms with Crippen molar-refractivity contribution in [2.75, 3.05) is 18.5 Å². The first-order valence-corrected chi connectivity index (χ1v) is 9.88. The van der Waals surface area contributed by atoms with Gasteiger partial charge in [-0.25, -0.2) is 15.0 Å². The molecule has 2 N–H and O–H groups in total. The Bertz CT molecular complexity index is 849. The second-order valence-electron chi connectivity index (χ2n) is 8.17. The van der Waals surface area contributed by atoms with Crippen LogP contribution in [-0.4, -0.2) is 49.9 Å². The summed E-state index contributed by atoms with van der Waals surface area (Å²) >= 11 is 0. The fraction of sp³-hybridized carbons (Fsp3) is 0.550. The highest BCUT2D eigenvalue weighted by molar-refractivity contribution is 5.76. The van der Waals surface area contributed by atoms with E-state index in [4.69, 9.17) is 4.98 Å². The molecule has 0 aromatic carbocycles. The number of likely N-dealkylation sites (N-methyl/N-ethyl adjacent to an activating group) is 1. The summed E-state index contributed by atoms with van der Waals surface area (Å²) in [7, 11) is 2.06. The lowest BCUT2D eigenvalue weighted by Gasteiger charge is -2.34. The lowest BCUT2D eigenvalue weighted by atomic mass is 9.81. The number of aromatic nitrogens is 4. The molecule has 2 aromatic heterocycles. The lowest BCUT2D eigenvalue weighted by Crippen LogP contribution is -2.37. The molecule has 5 rings (SSSR count). The number of nitrogens with one attached hydrogen (secondary N) is 1. The van der Waals surface area contributed by atoms with Gasteiger partial charge in [0.2, 0.25) is 5.95 Å². The molecule has 0 amide bonds. The highest BCUT2D eigenvalue weighted by Crippen LogP contribution is 2.48. The first kappa shape index (κ1) is 16.7. The molecule has 2 fully saturated rings. The van der Waals surface area contributed by atoms with Crippen molar-refractivity contribution in [3.8, 4) is 5.95 Å². The third-order valence-electron chi connectivity index (χ3n) is 6.34. The Balaban J connectivity index is 1.34. The molecule has 7 heteroatoms. The van der Waals surface area contributed by atoms with Crippen molar-refractivity contribution < 1.29 is 5.11 Å². The summed E-state index contributed by atoms with van der Waals surface area (Å²) in [6.07, 6.45) is 15.8. The molecule has 3 aliphatic rings. The van der Waals surface area contributed by atoms with Crippen LogP contribution < -0.4 is 10.2 Å². The van der Waals surface area contributed by atoms with E-state index in [9.17, 15) is 5.11 Å². The van der Waals surface area contributed by atoms with Crippen molar-refractivity contribution in [3.05, 3.63) is 36.7 Å². The fourth-order valence-corrected chi connectivity index (χ4v) is 4.43. The number of nitrogens with zero attached hydrogens (tertiary/aromatic N) is 5. The van der Waals surface area contributed by atoms with Crippen molar-refractivity contribution in [3.63, 3.8) is 0 Å². The summed E-state index contributed by atoms with van der Waals surface area (Å²) in [5, 5.41) is 14.1. The van der Waals surface area contributed by atoms with Gasteiger partial charge in [-0.1, -0.05) is 0 Å². The third-order valence-corrected chi connectivity index (χ3v) is 6.34. The van der Waals surface area contributed by atoms with Crippen molar-refractivity contribution in [2.45, 2.75) is 50.2 Å².